The number of hydrogen-bond donors (Lipinski definition) is 1. The molecule has 2 rings (SSSR count). The maximum Gasteiger partial charge on any atom is 0.243 e. The van der Waals surface area contributed by atoms with E-state index in [-0.39, 0.29) is 12.5 Å². The second-order valence-corrected chi connectivity index (χ2v) is 4.85. The van der Waals surface area contributed by atoms with Crippen molar-refractivity contribution in [3.63, 3.8) is 0 Å². The summed E-state index contributed by atoms with van der Waals surface area (Å²) in [5.74, 6) is 0.00755. The van der Waals surface area contributed by atoms with Crippen LogP contribution in [-0.2, 0) is 4.79 Å². The minimum Gasteiger partial charge on any atom is -0.396 e. The highest BCUT2D eigenvalue weighted by Crippen LogP contribution is 2.47. The van der Waals surface area contributed by atoms with Crippen LogP contribution in [0, 0.1) is 16.7 Å². The summed E-state index contributed by atoms with van der Waals surface area (Å²) in [6.45, 7) is 0.708. The SMILES string of the molecule is N#CC1(C(=O)N(CCCO)C2CCC2)CC1. The molecule has 0 aliphatic heterocycles. The lowest BCUT2D eigenvalue weighted by molar-refractivity contribution is -0.139. The van der Waals surface area contributed by atoms with Gasteiger partial charge >= 0.3 is 0 Å². The smallest absolute Gasteiger partial charge is 0.243 e. The highest BCUT2D eigenvalue weighted by Gasteiger charge is 2.53. The van der Waals surface area contributed by atoms with Gasteiger partial charge in [-0.15, -0.1) is 0 Å². The van der Waals surface area contributed by atoms with E-state index in [4.69, 9.17) is 10.4 Å². The van der Waals surface area contributed by atoms with E-state index in [2.05, 4.69) is 6.07 Å². The number of hydrogen-bond acceptors (Lipinski definition) is 3. The summed E-state index contributed by atoms with van der Waals surface area (Å²) >= 11 is 0. The van der Waals surface area contributed by atoms with E-state index in [0.717, 1.165) is 12.8 Å². The molecule has 2 fully saturated rings. The minimum absolute atomic E-state index is 0.00755. The zero-order chi connectivity index (χ0) is 11.6. The molecule has 0 heterocycles. The second-order valence-electron chi connectivity index (χ2n) is 4.85. The number of aliphatic hydroxyl groups excluding tert-OH is 1. The first-order chi connectivity index (χ1) is 7.73. The van der Waals surface area contributed by atoms with Crippen molar-refractivity contribution in [2.75, 3.05) is 13.2 Å². The first kappa shape index (κ1) is 11.4. The Morgan fingerprint density at radius 1 is 1.50 bits per heavy atom. The fourth-order valence-electron chi connectivity index (χ4n) is 2.16. The standard InChI is InChI=1S/C12H18N2O2/c13-9-12(5-6-12)11(16)14(7-2-8-15)10-3-1-4-10/h10,15H,1-8H2. The van der Waals surface area contributed by atoms with Crippen LogP contribution in [0.3, 0.4) is 0 Å². The van der Waals surface area contributed by atoms with Gasteiger partial charge in [-0.05, 0) is 38.5 Å². The minimum atomic E-state index is -0.703. The van der Waals surface area contributed by atoms with E-state index >= 15 is 0 Å². The summed E-state index contributed by atoms with van der Waals surface area (Å²) in [4.78, 5) is 14.1. The molecule has 0 spiro atoms. The van der Waals surface area contributed by atoms with Crippen molar-refractivity contribution < 1.29 is 9.90 Å². The molecule has 88 valence electrons. The second kappa shape index (κ2) is 4.42. The lowest BCUT2D eigenvalue weighted by Gasteiger charge is -2.38. The molecule has 0 atom stereocenters. The maximum atomic E-state index is 12.2. The summed E-state index contributed by atoms with van der Waals surface area (Å²) in [6, 6.07) is 2.48. The highest BCUT2D eigenvalue weighted by atomic mass is 16.3. The molecule has 0 aromatic heterocycles. The van der Waals surface area contributed by atoms with Gasteiger partial charge in [-0.2, -0.15) is 5.26 Å². The molecule has 0 radical (unpaired) electrons. The summed E-state index contributed by atoms with van der Waals surface area (Å²) in [7, 11) is 0. The number of nitriles is 1. The predicted molar refractivity (Wildman–Crippen MR) is 58.3 cm³/mol. The molecular weight excluding hydrogens is 204 g/mol. The Morgan fingerprint density at radius 2 is 2.19 bits per heavy atom. The zero-order valence-electron chi connectivity index (χ0n) is 9.48. The topological polar surface area (TPSA) is 64.3 Å². The third-order valence-corrected chi connectivity index (χ3v) is 3.71. The van der Waals surface area contributed by atoms with Gasteiger partial charge in [0.25, 0.3) is 0 Å². The first-order valence-electron chi connectivity index (χ1n) is 6.07. The van der Waals surface area contributed by atoms with Gasteiger partial charge in [0.15, 0.2) is 0 Å². The highest BCUT2D eigenvalue weighted by molar-refractivity contribution is 5.88. The summed E-state index contributed by atoms with van der Waals surface area (Å²) in [5, 5.41) is 17.9. The average Bonchev–Trinajstić information content (AvgIpc) is 3.01. The average molecular weight is 222 g/mol. The van der Waals surface area contributed by atoms with Crippen LogP contribution in [0.5, 0.6) is 0 Å². The molecule has 16 heavy (non-hydrogen) atoms. The van der Waals surface area contributed by atoms with Crippen LogP contribution in [0.2, 0.25) is 0 Å². The predicted octanol–water partition coefficient (Wildman–Crippen LogP) is 1.05. The van der Waals surface area contributed by atoms with Crippen LogP contribution in [0.25, 0.3) is 0 Å². The van der Waals surface area contributed by atoms with E-state index in [1.54, 1.807) is 0 Å². The van der Waals surface area contributed by atoms with Gasteiger partial charge in [-0.1, -0.05) is 0 Å². The molecule has 0 aromatic carbocycles. The van der Waals surface area contributed by atoms with Crippen LogP contribution < -0.4 is 0 Å². The van der Waals surface area contributed by atoms with Crippen molar-refractivity contribution in [2.45, 2.75) is 44.6 Å². The van der Waals surface area contributed by atoms with Gasteiger partial charge in [0.1, 0.15) is 5.41 Å². The van der Waals surface area contributed by atoms with Crippen LogP contribution in [0.15, 0.2) is 0 Å². The van der Waals surface area contributed by atoms with Crippen molar-refractivity contribution in [2.24, 2.45) is 5.41 Å². The molecular formula is C12H18N2O2. The Kier molecular flexibility index (Phi) is 3.15. The quantitative estimate of drug-likeness (QED) is 0.756. The van der Waals surface area contributed by atoms with Crippen molar-refractivity contribution in [1.29, 1.82) is 5.26 Å². The van der Waals surface area contributed by atoms with Gasteiger partial charge in [-0.3, -0.25) is 4.79 Å². The molecule has 0 aromatic rings. The number of carbonyl (C=O) groups is 1. The van der Waals surface area contributed by atoms with Gasteiger partial charge in [-0.25, -0.2) is 0 Å². The molecule has 2 aliphatic rings. The molecule has 4 nitrogen and oxygen atoms in total. The fraction of sp³-hybridized carbons (Fsp3) is 0.833. The maximum absolute atomic E-state index is 12.2. The number of carbonyl (C=O) groups excluding carboxylic acids is 1. The number of aliphatic hydroxyl groups is 1. The monoisotopic (exact) mass is 222 g/mol. The van der Waals surface area contributed by atoms with E-state index < -0.39 is 5.41 Å². The number of rotatable bonds is 5. The molecule has 0 saturated heterocycles. The Hall–Kier alpha value is -1.08. The van der Waals surface area contributed by atoms with Crippen LogP contribution >= 0.6 is 0 Å². The van der Waals surface area contributed by atoms with Crippen LogP contribution in [0.4, 0.5) is 0 Å². The summed E-state index contributed by atoms with van der Waals surface area (Å²) in [6.07, 6.45) is 5.32. The van der Waals surface area contributed by atoms with Gasteiger partial charge in [0, 0.05) is 19.2 Å². The van der Waals surface area contributed by atoms with Crippen molar-refractivity contribution in [3.05, 3.63) is 0 Å². The summed E-state index contributed by atoms with van der Waals surface area (Å²) < 4.78 is 0. The fourth-order valence-corrected chi connectivity index (χ4v) is 2.16. The Labute approximate surface area is 95.9 Å². The van der Waals surface area contributed by atoms with Crippen LogP contribution in [-0.4, -0.2) is 35.1 Å². The number of amides is 1. The van der Waals surface area contributed by atoms with Crippen molar-refractivity contribution in [1.82, 2.24) is 4.90 Å². The van der Waals surface area contributed by atoms with Gasteiger partial charge in [0.05, 0.1) is 6.07 Å². The molecule has 4 heteroatoms. The van der Waals surface area contributed by atoms with E-state index in [9.17, 15) is 4.79 Å². The molecule has 2 saturated carbocycles. The first-order valence-corrected chi connectivity index (χ1v) is 6.07. The number of nitrogens with zero attached hydrogens (tertiary/aromatic N) is 2. The molecule has 2 aliphatic carbocycles. The Morgan fingerprint density at radius 3 is 2.56 bits per heavy atom. The summed E-state index contributed by atoms with van der Waals surface area (Å²) in [5.41, 5.74) is -0.703. The Balaban J connectivity index is 2.00. The van der Waals surface area contributed by atoms with Gasteiger partial charge < -0.3 is 10.0 Å². The van der Waals surface area contributed by atoms with E-state index in [0.29, 0.717) is 31.8 Å². The third kappa shape index (κ3) is 1.92. The Bertz CT molecular complexity index is 313. The lowest BCUT2D eigenvalue weighted by atomic mass is 9.90. The molecule has 1 N–H and O–H groups in total. The zero-order valence-corrected chi connectivity index (χ0v) is 9.48. The normalized spacial score (nSPS) is 22.0. The molecule has 0 bridgehead atoms. The van der Waals surface area contributed by atoms with Crippen LogP contribution in [0.1, 0.15) is 38.5 Å². The third-order valence-electron chi connectivity index (χ3n) is 3.71. The molecule has 1 amide bonds. The lowest BCUT2D eigenvalue weighted by Crippen LogP contribution is -2.47. The largest absolute Gasteiger partial charge is 0.396 e. The van der Waals surface area contributed by atoms with E-state index in [1.807, 2.05) is 4.90 Å². The van der Waals surface area contributed by atoms with Crippen molar-refractivity contribution >= 4 is 5.91 Å². The molecule has 0 unspecified atom stereocenters. The van der Waals surface area contributed by atoms with Gasteiger partial charge in [0.2, 0.25) is 5.91 Å². The van der Waals surface area contributed by atoms with Crippen molar-refractivity contribution in [3.8, 4) is 6.07 Å². The van der Waals surface area contributed by atoms with E-state index in [1.165, 1.54) is 6.42 Å².